The third-order valence-corrected chi connectivity index (χ3v) is 0.947. The molecule has 0 bridgehead atoms. The molecule has 5 heteroatoms. The predicted molar refractivity (Wildman–Crippen MR) is 30.4 cm³/mol. The first-order chi connectivity index (χ1) is 4.59. The molecule has 0 aromatic rings. The highest BCUT2D eigenvalue weighted by Gasteiger charge is 2.31. The van der Waals surface area contributed by atoms with Crippen LogP contribution in [0.2, 0.25) is 0 Å². The minimum absolute atomic E-state index is 0.311. The van der Waals surface area contributed by atoms with Gasteiger partial charge in [-0.1, -0.05) is 0 Å². The highest BCUT2D eigenvalue weighted by molar-refractivity contribution is 5.94. The van der Waals surface area contributed by atoms with Gasteiger partial charge in [-0.2, -0.15) is 0 Å². The molecule has 0 aromatic carbocycles. The maximum absolute atomic E-state index is 10.1. The van der Waals surface area contributed by atoms with Crippen molar-refractivity contribution in [2.45, 2.75) is 6.42 Å². The maximum atomic E-state index is 10.1. The van der Waals surface area contributed by atoms with Crippen LogP contribution in [0.1, 0.15) is 6.42 Å². The molecular weight excluding hydrogens is 140 g/mol. The average Bonchev–Trinajstić information content (AvgIpc) is 1.81. The van der Waals surface area contributed by atoms with E-state index in [4.69, 9.17) is 10.2 Å². The van der Waals surface area contributed by atoms with Gasteiger partial charge < -0.3 is 15.0 Å². The van der Waals surface area contributed by atoms with Gasteiger partial charge in [-0.3, -0.25) is 4.79 Å². The van der Waals surface area contributed by atoms with Crippen molar-refractivity contribution < 1.29 is 24.6 Å². The Hall–Kier alpha value is -1.39. The van der Waals surface area contributed by atoms with Gasteiger partial charge in [0.05, 0.1) is 0 Å². The Morgan fingerprint density at radius 1 is 1.60 bits per heavy atom. The lowest BCUT2D eigenvalue weighted by Crippen LogP contribution is -2.23. The van der Waals surface area contributed by atoms with Crippen LogP contribution in [0, 0.1) is 5.92 Å². The number of hydrogen-bond donors (Lipinski definition) is 1. The van der Waals surface area contributed by atoms with E-state index in [-0.39, 0.29) is 0 Å². The summed E-state index contributed by atoms with van der Waals surface area (Å²) in [7, 11) is 0. The summed E-state index contributed by atoms with van der Waals surface area (Å²) in [5.74, 6) is -4.15. The summed E-state index contributed by atoms with van der Waals surface area (Å²) in [5, 5.41) is 14.6. The van der Waals surface area contributed by atoms with Crippen molar-refractivity contribution in [3.05, 3.63) is 0 Å². The number of aldehydes is 1. The van der Waals surface area contributed by atoms with Gasteiger partial charge in [0.2, 0.25) is 5.92 Å². The second-order valence-electron chi connectivity index (χ2n) is 1.66. The van der Waals surface area contributed by atoms with Crippen LogP contribution in [-0.4, -0.2) is 28.4 Å². The first kappa shape index (κ1) is 8.61. The summed E-state index contributed by atoms with van der Waals surface area (Å²) in [5.41, 5.74) is 0. The van der Waals surface area contributed by atoms with E-state index in [0.29, 0.717) is 6.29 Å². The zero-order valence-electron chi connectivity index (χ0n) is 5.03. The first-order valence-corrected chi connectivity index (χ1v) is 2.51. The van der Waals surface area contributed by atoms with Crippen LogP contribution >= 0.6 is 0 Å². The topological polar surface area (TPSA) is 94.3 Å². The largest absolute Gasteiger partial charge is 0.564 e. The number of aliphatic carboxylic acids is 1. The smallest absolute Gasteiger partial charge is 0.530 e. The Morgan fingerprint density at radius 3 is 2.20 bits per heavy atom. The molecule has 0 heterocycles. The molecule has 3 N–H and O–H groups in total. The van der Waals surface area contributed by atoms with Crippen LogP contribution in [0.5, 0.6) is 0 Å². The molecular formula is C5H7O5+. The number of rotatable bonds is 4. The van der Waals surface area contributed by atoms with Crippen molar-refractivity contribution in [2.24, 2.45) is 5.92 Å². The third kappa shape index (κ3) is 2.25. The molecule has 0 radical (unpaired) electrons. The van der Waals surface area contributed by atoms with Gasteiger partial charge in [0.1, 0.15) is 6.29 Å². The van der Waals surface area contributed by atoms with Gasteiger partial charge in [0.15, 0.2) is 0 Å². The summed E-state index contributed by atoms with van der Waals surface area (Å²) >= 11 is 0. The molecule has 0 rings (SSSR count). The minimum Gasteiger partial charge on any atom is -0.564 e. The van der Waals surface area contributed by atoms with Gasteiger partial charge in [-0.05, 0) is 0 Å². The van der Waals surface area contributed by atoms with E-state index >= 15 is 0 Å². The van der Waals surface area contributed by atoms with E-state index in [1.165, 1.54) is 0 Å². The highest BCUT2D eigenvalue weighted by Crippen LogP contribution is 1.99. The SMILES string of the molecule is O=CCC(C(=O)O)C(=O)[OH2+]. The molecule has 0 aliphatic carbocycles. The Kier molecular flexibility index (Phi) is 3.10. The van der Waals surface area contributed by atoms with Gasteiger partial charge in [0, 0.05) is 11.2 Å². The van der Waals surface area contributed by atoms with Gasteiger partial charge in [-0.25, -0.2) is 0 Å². The van der Waals surface area contributed by atoms with Crippen LogP contribution in [0.3, 0.4) is 0 Å². The molecule has 0 saturated carbocycles. The molecule has 0 aliphatic rings. The molecule has 0 spiro atoms. The van der Waals surface area contributed by atoms with Crippen LogP contribution in [-0.2, 0) is 14.4 Å². The number of hydrogen-bond acceptors (Lipinski definition) is 3. The number of carboxylic acids is 1. The van der Waals surface area contributed by atoms with Crippen LogP contribution in [0.25, 0.3) is 0 Å². The Morgan fingerprint density at radius 2 is 2.10 bits per heavy atom. The average molecular weight is 147 g/mol. The van der Waals surface area contributed by atoms with Crippen LogP contribution in [0.15, 0.2) is 0 Å². The first-order valence-electron chi connectivity index (χ1n) is 2.51. The zero-order chi connectivity index (χ0) is 8.15. The third-order valence-electron chi connectivity index (χ3n) is 0.947. The van der Waals surface area contributed by atoms with E-state index in [0.717, 1.165) is 0 Å². The van der Waals surface area contributed by atoms with E-state index in [9.17, 15) is 14.4 Å². The van der Waals surface area contributed by atoms with Crippen molar-refractivity contribution in [2.75, 3.05) is 0 Å². The van der Waals surface area contributed by atoms with Crippen LogP contribution in [0.4, 0.5) is 0 Å². The summed E-state index contributed by atoms with van der Waals surface area (Å²) in [6.45, 7) is 0. The fourth-order valence-electron chi connectivity index (χ4n) is 0.416. The lowest BCUT2D eigenvalue weighted by Gasteiger charge is -1.94. The summed E-state index contributed by atoms with van der Waals surface area (Å²) in [6, 6.07) is 0. The molecule has 56 valence electrons. The molecule has 5 nitrogen and oxygen atoms in total. The van der Waals surface area contributed by atoms with Gasteiger partial charge in [-0.15, -0.1) is 0 Å². The van der Waals surface area contributed by atoms with Gasteiger partial charge in [0.25, 0.3) is 0 Å². The van der Waals surface area contributed by atoms with Crippen LogP contribution < -0.4 is 0 Å². The molecule has 1 unspecified atom stereocenters. The molecule has 1 atom stereocenters. The fourth-order valence-corrected chi connectivity index (χ4v) is 0.416. The predicted octanol–water partition coefficient (Wildman–Crippen LogP) is -1.47. The van der Waals surface area contributed by atoms with E-state index < -0.39 is 24.3 Å². The molecule has 0 aromatic heterocycles. The highest BCUT2D eigenvalue weighted by atomic mass is 16.4. The maximum Gasteiger partial charge on any atom is 0.530 e. The van der Waals surface area contributed by atoms with E-state index in [1.807, 2.05) is 0 Å². The lowest BCUT2D eigenvalue weighted by molar-refractivity contribution is -0.155. The molecule has 0 saturated heterocycles. The van der Waals surface area contributed by atoms with Crippen molar-refractivity contribution in [1.29, 1.82) is 0 Å². The van der Waals surface area contributed by atoms with Crippen molar-refractivity contribution >= 4 is 18.2 Å². The van der Waals surface area contributed by atoms with E-state index in [1.54, 1.807) is 0 Å². The number of carbonyl (C=O) groups is 3. The monoisotopic (exact) mass is 147 g/mol. The molecule has 10 heavy (non-hydrogen) atoms. The normalized spacial score (nSPS) is 12.0. The molecule has 0 fully saturated rings. The fraction of sp³-hybridized carbons (Fsp3) is 0.400. The Labute approximate surface area is 56.3 Å². The second-order valence-corrected chi connectivity index (χ2v) is 1.66. The second kappa shape index (κ2) is 3.60. The van der Waals surface area contributed by atoms with E-state index in [2.05, 4.69) is 0 Å². The minimum atomic E-state index is -1.49. The Bertz CT molecular complexity index is 147. The Balaban J connectivity index is 4.11. The van der Waals surface area contributed by atoms with Gasteiger partial charge >= 0.3 is 11.9 Å². The van der Waals surface area contributed by atoms with Crippen molar-refractivity contribution in [1.82, 2.24) is 0 Å². The molecule has 0 aliphatic heterocycles. The molecule has 0 amide bonds. The summed E-state index contributed by atoms with van der Waals surface area (Å²) in [6.07, 6.45) is -0.108. The van der Waals surface area contributed by atoms with Crippen molar-refractivity contribution in [3.63, 3.8) is 0 Å². The standard InChI is InChI=1S/C5H6O5/c6-2-1-3(4(7)8)5(9)10/h2-3H,1H2,(H,7,8)(H,9,10)/p+1. The lowest BCUT2D eigenvalue weighted by atomic mass is 10.1. The number of carbonyl (C=O) groups excluding carboxylic acids is 2. The number of carboxylic acid groups (broad SMARTS) is 1. The van der Waals surface area contributed by atoms with Crippen molar-refractivity contribution in [3.8, 4) is 0 Å². The quantitative estimate of drug-likeness (QED) is 0.298. The summed E-state index contributed by atoms with van der Waals surface area (Å²) < 4.78 is 0. The zero-order valence-corrected chi connectivity index (χ0v) is 5.03. The summed E-state index contributed by atoms with van der Waals surface area (Å²) in [4.78, 5) is 29.9.